The number of amides is 1. The maximum atomic E-state index is 12.2. The Kier molecular flexibility index (Phi) is 4.81. The van der Waals surface area contributed by atoms with Gasteiger partial charge in [0.1, 0.15) is 10.7 Å². The molecule has 0 saturated heterocycles. The Labute approximate surface area is 146 Å². The Morgan fingerprint density at radius 2 is 2.17 bits per heavy atom. The molecule has 0 unspecified atom stereocenters. The van der Waals surface area contributed by atoms with E-state index < -0.39 is 5.92 Å². The number of rotatable bonds is 5. The molecule has 1 atom stereocenters. The van der Waals surface area contributed by atoms with Gasteiger partial charge in [-0.2, -0.15) is 5.10 Å². The van der Waals surface area contributed by atoms with E-state index in [0.29, 0.717) is 5.13 Å². The summed E-state index contributed by atoms with van der Waals surface area (Å²) in [6, 6.07) is 7.03. The van der Waals surface area contributed by atoms with Crippen molar-refractivity contribution in [1.29, 1.82) is 0 Å². The molecule has 124 valence electrons. The lowest BCUT2D eigenvalue weighted by atomic mass is 10.1. The molecule has 3 aromatic rings. The SMILES string of the molecule is Cc1nnc(NC(=O)[C@H](C)Cn2nc(-c3cccs3)ccc2=O)s1. The molecule has 0 aliphatic heterocycles. The Balaban J connectivity index is 1.73. The number of anilines is 1. The molecule has 0 radical (unpaired) electrons. The summed E-state index contributed by atoms with van der Waals surface area (Å²) in [6.07, 6.45) is 0. The van der Waals surface area contributed by atoms with E-state index in [0.717, 1.165) is 15.6 Å². The summed E-state index contributed by atoms with van der Waals surface area (Å²) >= 11 is 2.86. The minimum Gasteiger partial charge on any atom is -0.300 e. The van der Waals surface area contributed by atoms with Gasteiger partial charge in [-0.25, -0.2) is 4.68 Å². The fourth-order valence-corrected chi connectivity index (χ4v) is 3.34. The van der Waals surface area contributed by atoms with Crippen LogP contribution in [0.15, 0.2) is 34.4 Å². The molecular weight excluding hydrogens is 346 g/mol. The molecule has 7 nitrogen and oxygen atoms in total. The first-order chi connectivity index (χ1) is 11.5. The van der Waals surface area contributed by atoms with E-state index in [1.807, 2.05) is 24.4 Å². The Morgan fingerprint density at radius 1 is 1.33 bits per heavy atom. The maximum absolute atomic E-state index is 12.2. The van der Waals surface area contributed by atoms with Crippen LogP contribution in [-0.4, -0.2) is 25.9 Å². The van der Waals surface area contributed by atoms with E-state index >= 15 is 0 Å². The smallest absolute Gasteiger partial charge is 0.266 e. The standard InChI is InChI=1S/C15H15N5O2S2/c1-9(14(22)16-15-18-17-10(2)24-15)8-20-13(21)6-5-11(19-20)12-4-3-7-23-12/h3-7,9H,8H2,1-2H3,(H,16,18,22)/t9-/m1/s1. The molecular formula is C15H15N5O2S2. The van der Waals surface area contributed by atoms with E-state index in [4.69, 9.17) is 0 Å². The second-order valence-corrected chi connectivity index (χ2v) is 7.36. The summed E-state index contributed by atoms with van der Waals surface area (Å²) in [4.78, 5) is 25.2. The van der Waals surface area contributed by atoms with Gasteiger partial charge in [-0.3, -0.25) is 9.59 Å². The summed E-state index contributed by atoms with van der Waals surface area (Å²) in [7, 11) is 0. The van der Waals surface area contributed by atoms with Crippen molar-refractivity contribution >= 4 is 33.7 Å². The van der Waals surface area contributed by atoms with Crippen LogP contribution in [0.3, 0.4) is 0 Å². The van der Waals surface area contributed by atoms with Gasteiger partial charge >= 0.3 is 0 Å². The van der Waals surface area contributed by atoms with Crippen LogP contribution in [0.4, 0.5) is 5.13 Å². The second-order valence-electron chi connectivity index (χ2n) is 5.23. The average Bonchev–Trinajstić information content (AvgIpc) is 3.21. The number of carbonyl (C=O) groups is 1. The van der Waals surface area contributed by atoms with Crippen molar-refractivity contribution in [2.45, 2.75) is 20.4 Å². The van der Waals surface area contributed by atoms with Crippen LogP contribution >= 0.6 is 22.7 Å². The number of nitrogens with one attached hydrogen (secondary N) is 1. The van der Waals surface area contributed by atoms with Gasteiger partial charge in [-0.1, -0.05) is 24.3 Å². The van der Waals surface area contributed by atoms with Gasteiger partial charge in [0.25, 0.3) is 5.56 Å². The maximum Gasteiger partial charge on any atom is 0.266 e. The van der Waals surface area contributed by atoms with Gasteiger partial charge < -0.3 is 5.32 Å². The molecule has 0 aliphatic rings. The molecule has 24 heavy (non-hydrogen) atoms. The van der Waals surface area contributed by atoms with Crippen LogP contribution in [0.5, 0.6) is 0 Å². The van der Waals surface area contributed by atoms with Crippen LogP contribution in [-0.2, 0) is 11.3 Å². The Morgan fingerprint density at radius 3 is 2.83 bits per heavy atom. The quantitative estimate of drug-likeness (QED) is 0.754. The monoisotopic (exact) mass is 361 g/mol. The highest BCUT2D eigenvalue weighted by atomic mass is 32.1. The molecule has 9 heteroatoms. The Hall–Kier alpha value is -2.39. The lowest BCUT2D eigenvalue weighted by molar-refractivity contribution is -0.119. The highest BCUT2D eigenvalue weighted by Gasteiger charge is 2.17. The summed E-state index contributed by atoms with van der Waals surface area (Å²) in [5, 5.41) is 18.0. The number of carbonyl (C=O) groups excluding carboxylic acids is 1. The van der Waals surface area contributed by atoms with Crippen molar-refractivity contribution in [3.8, 4) is 10.6 Å². The number of aromatic nitrogens is 4. The minimum absolute atomic E-state index is 0.196. The van der Waals surface area contributed by atoms with Gasteiger partial charge in [-0.15, -0.1) is 21.5 Å². The fourth-order valence-electron chi connectivity index (χ4n) is 2.05. The largest absolute Gasteiger partial charge is 0.300 e. The Bertz CT molecular complexity index is 901. The third kappa shape index (κ3) is 3.74. The highest BCUT2D eigenvalue weighted by molar-refractivity contribution is 7.15. The van der Waals surface area contributed by atoms with Crippen LogP contribution in [0.25, 0.3) is 10.6 Å². The third-order valence-corrected chi connectivity index (χ3v) is 4.94. The number of hydrogen-bond acceptors (Lipinski definition) is 7. The third-order valence-electron chi connectivity index (χ3n) is 3.29. The van der Waals surface area contributed by atoms with Crippen molar-refractivity contribution < 1.29 is 4.79 Å². The van der Waals surface area contributed by atoms with Crippen LogP contribution in [0, 0.1) is 12.8 Å². The molecule has 0 saturated carbocycles. The normalized spacial score (nSPS) is 12.1. The molecule has 0 spiro atoms. The summed E-state index contributed by atoms with van der Waals surface area (Å²) in [6.45, 7) is 3.76. The molecule has 0 fully saturated rings. The van der Waals surface area contributed by atoms with E-state index in [1.54, 1.807) is 24.3 Å². The number of thiophene rings is 1. The minimum atomic E-state index is -0.432. The van der Waals surface area contributed by atoms with Crippen LogP contribution in [0.2, 0.25) is 0 Å². The molecule has 0 aliphatic carbocycles. The lowest BCUT2D eigenvalue weighted by Crippen LogP contribution is -2.30. The molecule has 3 heterocycles. The van der Waals surface area contributed by atoms with Gasteiger partial charge in [0.05, 0.1) is 17.3 Å². The van der Waals surface area contributed by atoms with Crippen molar-refractivity contribution in [3.63, 3.8) is 0 Å². The number of aryl methyl sites for hydroxylation is 1. The average molecular weight is 361 g/mol. The first-order valence-corrected chi connectivity index (χ1v) is 8.95. The van der Waals surface area contributed by atoms with Gasteiger partial charge in [0.15, 0.2) is 0 Å². The second kappa shape index (κ2) is 7.02. The number of nitrogens with zero attached hydrogens (tertiary/aromatic N) is 4. The van der Waals surface area contributed by atoms with Crippen molar-refractivity contribution in [2.75, 3.05) is 5.32 Å². The predicted molar refractivity (Wildman–Crippen MR) is 94.2 cm³/mol. The first-order valence-electron chi connectivity index (χ1n) is 7.26. The molecule has 0 aromatic carbocycles. The predicted octanol–water partition coefficient (Wildman–Crippen LogP) is 2.41. The summed E-state index contributed by atoms with van der Waals surface area (Å²) in [5.74, 6) is -0.653. The lowest BCUT2D eigenvalue weighted by Gasteiger charge is -2.12. The van der Waals surface area contributed by atoms with Gasteiger partial charge in [0, 0.05) is 6.07 Å². The van der Waals surface area contributed by atoms with E-state index in [-0.39, 0.29) is 18.0 Å². The fraction of sp³-hybridized carbons (Fsp3) is 0.267. The first kappa shape index (κ1) is 16.5. The van der Waals surface area contributed by atoms with E-state index in [2.05, 4.69) is 20.6 Å². The van der Waals surface area contributed by atoms with Gasteiger partial charge in [-0.05, 0) is 24.4 Å². The topological polar surface area (TPSA) is 89.8 Å². The summed E-state index contributed by atoms with van der Waals surface area (Å²) < 4.78 is 1.32. The highest BCUT2D eigenvalue weighted by Crippen LogP contribution is 2.21. The van der Waals surface area contributed by atoms with Crippen LogP contribution < -0.4 is 10.9 Å². The van der Waals surface area contributed by atoms with E-state index in [9.17, 15) is 9.59 Å². The van der Waals surface area contributed by atoms with Crippen molar-refractivity contribution in [1.82, 2.24) is 20.0 Å². The number of hydrogen-bond donors (Lipinski definition) is 1. The van der Waals surface area contributed by atoms with Gasteiger partial charge in [0.2, 0.25) is 11.0 Å². The molecule has 3 aromatic heterocycles. The zero-order valence-corrected chi connectivity index (χ0v) is 14.7. The van der Waals surface area contributed by atoms with Crippen molar-refractivity contribution in [3.05, 3.63) is 45.0 Å². The zero-order valence-electron chi connectivity index (χ0n) is 13.1. The van der Waals surface area contributed by atoms with Crippen molar-refractivity contribution in [2.24, 2.45) is 5.92 Å². The molecule has 3 rings (SSSR count). The molecule has 0 bridgehead atoms. The zero-order chi connectivity index (χ0) is 17.1. The van der Waals surface area contributed by atoms with E-state index in [1.165, 1.54) is 22.1 Å². The molecule has 1 N–H and O–H groups in total. The van der Waals surface area contributed by atoms with Crippen LogP contribution in [0.1, 0.15) is 11.9 Å². The molecule has 1 amide bonds. The summed E-state index contributed by atoms with van der Waals surface area (Å²) in [5.41, 5.74) is 0.485.